The van der Waals surface area contributed by atoms with Gasteiger partial charge >= 0.3 is 0 Å². The van der Waals surface area contributed by atoms with Crippen molar-refractivity contribution in [1.82, 2.24) is 0 Å². The molecule has 4 N–H and O–H groups in total. The van der Waals surface area contributed by atoms with Crippen LogP contribution in [0, 0.1) is 0 Å². The molecule has 0 amide bonds. The Bertz CT molecular complexity index is 246. The first-order valence-electron chi connectivity index (χ1n) is 5.04. The van der Waals surface area contributed by atoms with Gasteiger partial charge in [-0.25, -0.2) is 0 Å². The van der Waals surface area contributed by atoms with Gasteiger partial charge in [0.25, 0.3) is 0 Å². The van der Waals surface area contributed by atoms with E-state index in [1.165, 1.54) is 13.2 Å². The van der Waals surface area contributed by atoms with Gasteiger partial charge < -0.3 is 25.3 Å². The van der Waals surface area contributed by atoms with Crippen LogP contribution in [0.1, 0.15) is 14.7 Å². The molecule has 88 valence electrons. The minimum atomic E-state index is -1.62. The highest BCUT2D eigenvalue weighted by molar-refractivity contribution is 5.63. The molecule has 3 atom stereocenters. The number of aliphatic hydroxyl groups is 4. The molecule has 0 rings (SSSR count). The van der Waals surface area contributed by atoms with E-state index in [1.54, 1.807) is 0 Å². The number of hydrogen-bond acceptors (Lipinski definition) is 6. The Morgan fingerprint density at radius 3 is 2.73 bits per heavy atom. The maximum atomic E-state index is 9.39. The van der Waals surface area contributed by atoms with E-state index in [4.69, 9.17) is 1.37 Å². The second-order valence-corrected chi connectivity index (χ2v) is 2.78. The number of rotatable bonds is 6. The van der Waals surface area contributed by atoms with E-state index < -0.39 is 24.1 Å². The van der Waals surface area contributed by atoms with Gasteiger partial charge in [0.05, 0.1) is 6.21 Å². The molecule has 0 spiro atoms. The Balaban J connectivity index is 4.35. The summed E-state index contributed by atoms with van der Waals surface area (Å²) in [6, 6.07) is 0. The molecule has 0 saturated heterocycles. The predicted octanol–water partition coefficient (Wildman–Crippen LogP) is -0.447. The standard InChI is InChI=1S/C9H17NO5/c1-3-4-6(11)8(13)9(14)7(12)5-10-15-2/h4-5,7-9,11-14H,3H2,1-2H3/t7-,8-,9+/m1/s1/i1D. The molecule has 6 nitrogen and oxygen atoms in total. The fourth-order valence-corrected chi connectivity index (χ4v) is 0.842. The molecule has 0 aliphatic rings. The van der Waals surface area contributed by atoms with Crippen molar-refractivity contribution in [2.24, 2.45) is 5.16 Å². The van der Waals surface area contributed by atoms with Crippen LogP contribution < -0.4 is 0 Å². The Labute approximate surface area is 89.5 Å². The number of nitrogens with zero attached hydrogens (tertiary/aromatic N) is 1. The average molecular weight is 220 g/mol. The summed E-state index contributed by atoms with van der Waals surface area (Å²) in [6.45, 7) is 0.0561. The van der Waals surface area contributed by atoms with Crippen LogP contribution in [0.15, 0.2) is 17.0 Å². The lowest BCUT2D eigenvalue weighted by Gasteiger charge is -2.19. The summed E-state index contributed by atoms with van der Waals surface area (Å²) in [6.07, 6.45) is -2.34. The van der Waals surface area contributed by atoms with Crippen LogP contribution >= 0.6 is 0 Å². The first-order valence-corrected chi connectivity index (χ1v) is 4.33. The first kappa shape index (κ1) is 12.0. The lowest BCUT2D eigenvalue weighted by Crippen LogP contribution is -2.39. The molecule has 0 heterocycles. The third kappa shape index (κ3) is 4.78. The molecule has 0 saturated carbocycles. The van der Waals surface area contributed by atoms with Crippen molar-refractivity contribution in [3.05, 3.63) is 11.8 Å². The molecular formula is C9H17NO5. The van der Waals surface area contributed by atoms with Gasteiger partial charge in [0.1, 0.15) is 31.2 Å². The predicted molar refractivity (Wildman–Crippen MR) is 54.5 cm³/mol. The monoisotopic (exact) mass is 220 g/mol. The van der Waals surface area contributed by atoms with Crippen molar-refractivity contribution < 1.29 is 26.6 Å². The van der Waals surface area contributed by atoms with Crippen LogP contribution in [-0.4, -0.2) is 52.1 Å². The summed E-state index contributed by atoms with van der Waals surface area (Å²) in [5.41, 5.74) is 0. The van der Waals surface area contributed by atoms with E-state index in [0.29, 0.717) is 0 Å². The van der Waals surface area contributed by atoms with Crippen LogP contribution in [-0.2, 0) is 4.84 Å². The minimum absolute atomic E-state index is 0.0561. The number of allylic oxidation sites excluding steroid dienone is 1. The van der Waals surface area contributed by atoms with Crippen molar-refractivity contribution in [3.63, 3.8) is 0 Å². The Morgan fingerprint density at radius 2 is 2.20 bits per heavy atom. The van der Waals surface area contributed by atoms with Crippen molar-refractivity contribution in [2.75, 3.05) is 7.11 Å². The fraction of sp³-hybridized carbons (Fsp3) is 0.667. The molecule has 0 bridgehead atoms. The highest BCUT2D eigenvalue weighted by atomic mass is 16.6. The zero-order valence-corrected chi connectivity index (χ0v) is 8.45. The topological polar surface area (TPSA) is 103 Å². The van der Waals surface area contributed by atoms with E-state index in [0.717, 1.165) is 6.21 Å². The van der Waals surface area contributed by atoms with E-state index in [9.17, 15) is 20.4 Å². The van der Waals surface area contributed by atoms with E-state index in [-0.39, 0.29) is 13.3 Å². The van der Waals surface area contributed by atoms with Gasteiger partial charge in [-0.2, -0.15) is 0 Å². The summed E-state index contributed by atoms with van der Waals surface area (Å²) in [5, 5.41) is 40.6. The summed E-state index contributed by atoms with van der Waals surface area (Å²) >= 11 is 0. The fourth-order valence-electron chi connectivity index (χ4n) is 0.842. The van der Waals surface area contributed by atoms with Crippen molar-refractivity contribution in [2.45, 2.75) is 31.6 Å². The van der Waals surface area contributed by atoms with Gasteiger partial charge in [-0.15, -0.1) is 0 Å². The van der Waals surface area contributed by atoms with Crippen molar-refractivity contribution in [3.8, 4) is 0 Å². The molecule has 0 radical (unpaired) electrons. The lowest BCUT2D eigenvalue weighted by molar-refractivity contribution is -0.0324. The van der Waals surface area contributed by atoms with Gasteiger partial charge in [0.15, 0.2) is 0 Å². The second-order valence-electron chi connectivity index (χ2n) is 2.78. The van der Waals surface area contributed by atoms with Gasteiger partial charge in [-0.05, 0) is 12.5 Å². The molecular weight excluding hydrogens is 202 g/mol. The normalized spacial score (nSPS) is 19.7. The molecule has 6 heteroatoms. The number of aliphatic hydroxyl groups excluding tert-OH is 4. The van der Waals surface area contributed by atoms with Crippen LogP contribution in [0.5, 0.6) is 0 Å². The second kappa shape index (κ2) is 7.22. The molecule has 0 aliphatic heterocycles. The van der Waals surface area contributed by atoms with E-state index >= 15 is 0 Å². The zero-order chi connectivity index (χ0) is 12.6. The molecule has 0 fully saturated rings. The number of oxime groups is 1. The van der Waals surface area contributed by atoms with E-state index in [1.807, 2.05) is 0 Å². The Kier molecular flexibility index (Phi) is 5.76. The van der Waals surface area contributed by atoms with Crippen LogP contribution in [0.25, 0.3) is 0 Å². The molecule has 0 aromatic carbocycles. The molecule has 15 heavy (non-hydrogen) atoms. The summed E-state index contributed by atoms with van der Waals surface area (Å²) in [7, 11) is 1.26. The maximum Gasteiger partial charge on any atom is 0.139 e. The zero-order valence-electron chi connectivity index (χ0n) is 9.45. The Morgan fingerprint density at radius 1 is 1.53 bits per heavy atom. The van der Waals surface area contributed by atoms with Gasteiger partial charge in [-0.1, -0.05) is 12.1 Å². The highest BCUT2D eigenvalue weighted by Gasteiger charge is 2.26. The smallest absolute Gasteiger partial charge is 0.139 e. The highest BCUT2D eigenvalue weighted by Crippen LogP contribution is 2.07. The van der Waals surface area contributed by atoms with E-state index in [2.05, 4.69) is 9.99 Å². The molecule has 0 aromatic heterocycles. The third-order valence-corrected chi connectivity index (χ3v) is 1.65. The average Bonchev–Trinajstić information content (AvgIpc) is 2.30. The SMILES string of the molecule is [2H]CCC=C(O)[C@@H](O)[C@@H](O)[C@H](O)C=NOC. The van der Waals surface area contributed by atoms with Crippen molar-refractivity contribution >= 4 is 6.21 Å². The summed E-state index contributed by atoms with van der Waals surface area (Å²) in [5.74, 6) is -0.482. The third-order valence-electron chi connectivity index (χ3n) is 1.65. The van der Waals surface area contributed by atoms with Crippen LogP contribution in [0.3, 0.4) is 0 Å². The largest absolute Gasteiger partial charge is 0.510 e. The molecule has 0 aliphatic carbocycles. The molecule has 0 aromatic rings. The van der Waals surface area contributed by atoms with Crippen LogP contribution in [0.2, 0.25) is 0 Å². The van der Waals surface area contributed by atoms with Gasteiger partial charge in [-0.3, -0.25) is 0 Å². The molecule has 0 unspecified atom stereocenters. The maximum absolute atomic E-state index is 9.39. The Hall–Kier alpha value is -1.11. The number of hydrogen-bond donors (Lipinski definition) is 4. The quantitative estimate of drug-likeness (QED) is 0.276. The van der Waals surface area contributed by atoms with Gasteiger partial charge in [0.2, 0.25) is 0 Å². The summed E-state index contributed by atoms with van der Waals surface area (Å²) in [4.78, 5) is 4.28. The van der Waals surface area contributed by atoms with Gasteiger partial charge in [0, 0.05) is 1.37 Å². The summed E-state index contributed by atoms with van der Waals surface area (Å²) < 4.78 is 6.83. The van der Waals surface area contributed by atoms with Crippen LogP contribution in [0.4, 0.5) is 0 Å². The lowest BCUT2D eigenvalue weighted by atomic mass is 10.1. The van der Waals surface area contributed by atoms with Crippen molar-refractivity contribution in [1.29, 1.82) is 0 Å². The minimum Gasteiger partial charge on any atom is -0.510 e. The first-order chi connectivity index (χ1) is 7.54.